The van der Waals surface area contributed by atoms with Gasteiger partial charge in [-0.2, -0.15) is 0 Å². The van der Waals surface area contributed by atoms with Crippen LogP contribution in [0.3, 0.4) is 0 Å². The van der Waals surface area contributed by atoms with Gasteiger partial charge in [-0.3, -0.25) is 0 Å². The van der Waals surface area contributed by atoms with Gasteiger partial charge in [0.1, 0.15) is 0 Å². The van der Waals surface area contributed by atoms with Crippen molar-refractivity contribution >= 4 is 0 Å². The minimum absolute atomic E-state index is 0.405. The largest absolute Gasteiger partial charge is 0.389 e. The fourth-order valence-corrected chi connectivity index (χ4v) is 2.10. The van der Waals surface area contributed by atoms with Crippen LogP contribution in [0.4, 0.5) is 0 Å². The molecule has 18 heavy (non-hydrogen) atoms. The number of benzene rings is 1. The maximum atomic E-state index is 9.77. The topological polar surface area (TPSA) is 32.7 Å². The number of aliphatic hydroxyl groups excluding tert-OH is 1. The van der Waals surface area contributed by atoms with E-state index in [0.717, 1.165) is 6.54 Å². The van der Waals surface area contributed by atoms with Crippen molar-refractivity contribution in [3.63, 3.8) is 0 Å². The van der Waals surface area contributed by atoms with Crippen molar-refractivity contribution in [2.45, 2.75) is 25.9 Å². The fourth-order valence-electron chi connectivity index (χ4n) is 2.10. The van der Waals surface area contributed by atoms with E-state index >= 15 is 0 Å². The number of ether oxygens (including phenoxy) is 1. The molecule has 0 radical (unpaired) electrons. The molecule has 1 rings (SSSR count). The van der Waals surface area contributed by atoms with E-state index in [2.05, 4.69) is 36.1 Å². The van der Waals surface area contributed by atoms with Crippen LogP contribution in [0, 0.1) is 0 Å². The summed E-state index contributed by atoms with van der Waals surface area (Å²) in [7, 11) is 2.04. The first-order chi connectivity index (χ1) is 8.63. The molecule has 1 aromatic rings. The predicted octanol–water partition coefficient (Wildman–Crippen LogP) is 2.12. The Kier molecular flexibility index (Phi) is 6.94. The van der Waals surface area contributed by atoms with Crippen LogP contribution in [0.1, 0.15) is 25.3 Å². The molecule has 3 nitrogen and oxygen atoms in total. The minimum Gasteiger partial charge on any atom is -0.389 e. The maximum absolute atomic E-state index is 9.77. The summed E-state index contributed by atoms with van der Waals surface area (Å²) in [4.78, 5) is 2.15. The molecule has 2 atom stereocenters. The quantitative estimate of drug-likeness (QED) is 0.768. The van der Waals surface area contributed by atoms with Crippen LogP contribution in [-0.2, 0) is 4.74 Å². The van der Waals surface area contributed by atoms with Gasteiger partial charge in [0.25, 0.3) is 0 Å². The first-order valence-electron chi connectivity index (χ1n) is 6.62. The number of likely N-dealkylation sites (N-methyl/N-ethyl adjacent to an activating group) is 1. The maximum Gasteiger partial charge on any atom is 0.0900 e. The molecule has 0 spiro atoms. The average Bonchev–Trinajstić information content (AvgIpc) is 2.37. The van der Waals surface area contributed by atoms with Crippen molar-refractivity contribution in [1.82, 2.24) is 4.90 Å². The Morgan fingerprint density at radius 1 is 1.22 bits per heavy atom. The molecular formula is C15H25NO2. The van der Waals surface area contributed by atoms with Crippen LogP contribution in [0.15, 0.2) is 30.3 Å². The highest BCUT2D eigenvalue weighted by Crippen LogP contribution is 2.15. The monoisotopic (exact) mass is 251 g/mol. The van der Waals surface area contributed by atoms with Crippen LogP contribution in [0.2, 0.25) is 0 Å². The van der Waals surface area contributed by atoms with E-state index in [4.69, 9.17) is 4.74 Å². The Morgan fingerprint density at radius 3 is 2.50 bits per heavy atom. The smallest absolute Gasteiger partial charge is 0.0900 e. The van der Waals surface area contributed by atoms with E-state index in [-0.39, 0.29) is 0 Å². The van der Waals surface area contributed by atoms with Crippen molar-refractivity contribution in [1.29, 1.82) is 0 Å². The normalized spacial score (nSPS) is 14.7. The summed E-state index contributed by atoms with van der Waals surface area (Å²) >= 11 is 0. The minimum atomic E-state index is -0.405. The van der Waals surface area contributed by atoms with Crippen molar-refractivity contribution < 1.29 is 9.84 Å². The number of aliphatic hydroxyl groups is 1. The summed E-state index contributed by atoms with van der Waals surface area (Å²) in [6.07, 6.45) is -0.405. The van der Waals surface area contributed by atoms with Gasteiger partial charge in [0.05, 0.1) is 12.7 Å². The van der Waals surface area contributed by atoms with Gasteiger partial charge in [0.2, 0.25) is 0 Å². The van der Waals surface area contributed by atoms with Gasteiger partial charge in [0.15, 0.2) is 0 Å². The Labute approximate surface area is 110 Å². The Hall–Kier alpha value is -0.900. The molecule has 1 N–H and O–H groups in total. The predicted molar refractivity (Wildman–Crippen MR) is 74.9 cm³/mol. The number of hydrogen-bond acceptors (Lipinski definition) is 3. The highest BCUT2D eigenvalue weighted by atomic mass is 16.5. The fraction of sp³-hybridized carbons (Fsp3) is 0.600. The third-order valence-electron chi connectivity index (χ3n) is 2.99. The molecular weight excluding hydrogens is 226 g/mol. The Balaban J connectivity index is 2.33. The van der Waals surface area contributed by atoms with Gasteiger partial charge < -0.3 is 14.7 Å². The molecule has 0 aliphatic heterocycles. The third kappa shape index (κ3) is 5.63. The molecule has 0 amide bonds. The molecule has 3 heteroatoms. The summed E-state index contributed by atoms with van der Waals surface area (Å²) in [5.41, 5.74) is 1.34. The number of hydrogen-bond donors (Lipinski definition) is 1. The number of rotatable bonds is 8. The Bertz CT molecular complexity index is 316. The molecule has 0 saturated carbocycles. The van der Waals surface area contributed by atoms with Crippen molar-refractivity contribution in [2.24, 2.45) is 0 Å². The molecule has 2 unspecified atom stereocenters. The number of nitrogens with zero attached hydrogens (tertiary/aromatic N) is 1. The lowest BCUT2D eigenvalue weighted by Crippen LogP contribution is -2.34. The van der Waals surface area contributed by atoms with Crippen molar-refractivity contribution in [2.75, 3.05) is 33.4 Å². The van der Waals surface area contributed by atoms with Gasteiger partial charge in [-0.1, -0.05) is 37.3 Å². The second kappa shape index (κ2) is 8.25. The van der Waals surface area contributed by atoms with Gasteiger partial charge >= 0.3 is 0 Å². The second-order valence-electron chi connectivity index (χ2n) is 4.85. The summed E-state index contributed by atoms with van der Waals surface area (Å²) in [6, 6.07) is 10.5. The van der Waals surface area contributed by atoms with Crippen LogP contribution >= 0.6 is 0 Å². The summed E-state index contributed by atoms with van der Waals surface area (Å²) in [5.74, 6) is 0.468. The van der Waals surface area contributed by atoms with E-state index in [1.165, 1.54) is 5.56 Å². The highest BCUT2D eigenvalue weighted by molar-refractivity contribution is 5.18. The molecule has 0 heterocycles. The average molecular weight is 251 g/mol. The van der Waals surface area contributed by atoms with Gasteiger partial charge in [-0.15, -0.1) is 0 Å². The lowest BCUT2D eigenvalue weighted by atomic mass is 10.0. The standard InChI is InChI=1S/C15H25NO2/c1-4-18-12-15(17)11-16(3)10-13(2)14-8-6-5-7-9-14/h5-9,13,15,17H,4,10-12H2,1-3H3. The van der Waals surface area contributed by atoms with E-state index in [9.17, 15) is 5.11 Å². The van der Waals surface area contributed by atoms with Crippen molar-refractivity contribution in [3.05, 3.63) is 35.9 Å². The Morgan fingerprint density at radius 2 is 1.89 bits per heavy atom. The summed E-state index contributed by atoms with van der Waals surface area (Å²) in [5, 5.41) is 9.77. The zero-order valence-corrected chi connectivity index (χ0v) is 11.7. The molecule has 1 aromatic carbocycles. The lowest BCUT2D eigenvalue weighted by Gasteiger charge is -2.24. The van der Waals surface area contributed by atoms with Crippen LogP contribution in [0.25, 0.3) is 0 Å². The first-order valence-corrected chi connectivity index (χ1v) is 6.62. The zero-order valence-electron chi connectivity index (χ0n) is 11.7. The summed E-state index contributed by atoms with van der Waals surface area (Å²) < 4.78 is 5.21. The highest BCUT2D eigenvalue weighted by Gasteiger charge is 2.12. The van der Waals surface area contributed by atoms with E-state index < -0.39 is 6.10 Å². The van der Waals surface area contributed by atoms with E-state index in [0.29, 0.717) is 25.7 Å². The van der Waals surface area contributed by atoms with E-state index in [1.807, 2.05) is 20.0 Å². The molecule has 0 saturated heterocycles. The molecule has 0 aliphatic carbocycles. The van der Waals surface area contributed by atoms with Crippen molar-refractivity contribution in [3.8, 4) is 0 Å². The van der Waals surface area contributed by atoms with E-state index in [1.54, 1.807) is 0 Å². The summed E-state index contributed by atoms with van der Waals surface area (Å²) in [6.45, 7) is 6.81. The van der Waals surface area contributed by atoms with Crippen LogP contribution in [0.5, 0.6) is 0 Å². The SMILES string of the molecule is CCOCC(O)CN(C)CC(C)c1ccccc1. The molecule has 0 aliphatic rings. The molecule has 0 aromatic heterocycles. The third-order valence-corrected chi connectivity index (χ3v) is 2.99. The zero-order chi connectivity index (χ0) is 13.4. The van der Waals surface area contributed by atoms with Gasteiger partial charge in [-0.05, 0) is 25.5 Å². The van der Waals surface area contributed by atoms with Gasteiger partial charge in [0, 0.05) is 19.7 Å². The molecule has 0 fully saturated rings. The first kappa shape index (κ1) is 15.2. The molecule has 0 bridgehead atoms. The second-order valence-corrected chi connectivity index (χ2v) is 4.85. The lowest BCUT2D eigenvalue weighted by molar-refractivity contribution is 0.0249. The van der Waals surface area contributed by atoms with Crippen LogP contribution in [-0.4, -0.2) is 49.5 Å². The van der Waals surface area contributed by atoms with Gasteiger partial charge in [-0.25, -0.2) is 0 Å². The van der Waals surface area contributed by atoms with Crippen LogP contribution < -0.4 is 0 Å². The molecule has 102 valence electrons.